The van der Waals surface area contributed by atoms with Gasteiger partial charge in [0, 0.05) is 17.1 Å². The van der Waals surface area contributed by atoms with Gasteiger partial charge in [-0.3, -0.25) is 0 Å². The summed E-state index contributed by atoms with van der Waals surface area (Å²) in [7, 11) is 0. The highest BCUT2D eigenvalue weighted by Gasteiger charge is 2.23. The van der Waals surface area contributed by atoms with Crippen molar-refractivity contribution in [2.45, 2.75) is 39.3 Å². The lowest BCUT2D eigenvalue weighted by Gasteiger charge is -2.21. The first-order valence-corrected chi connectivity index (χ1v) is 6.92. The number of nitrogens with zero attached hydrogens (tertiary/aromatic N) is 1. The zero-order valence-electron chi connectivity index (χ0n) is 10.3. The Labute approximate surface area is 111 Å². The quantitative estimate of drug-likeness (QED) is 0.801. The van der Waals surface area contributed by atoms with Crippen LogP contribution in [0.1, 0.15) is 33.1 Å². The minimum Gasteiger partial charge on any atom is -0.473 e. The minimum atomic E-state index is 0.0838. The maximum absolute atomic E-state index is 5.85. The van der Waals surface area contributed by atoms with Crippen LogP contribution in [0, 0.1) is 0 Å². The molecule has 0 aliphatic carbocycles. The molecule has 3 heteroatoms. The smallest absolute Gasteiger partial charge is 0.172 e. The summed E-state index contributed by atoms with van der Waals surface area (Å²) in [5.41, 5.74) is 1.16. The highest BCUT2D eigenvalue weighted by Crippen LogP contribution is 2.33. The van der Waals surface area contributed by atoms with Crippen LogP contribution in [0.15, 0.2) is 40.7 Å². The molecule has 1 aliphatic heterocycles. The molecule has 1 heterocycles. The van der Waals surface area contributed by atoms with Gasteiger partial charge in [-0.15, -0.1) is 0 Å². The number of rotatable bonds is 4. The number of benzene rings is 1. The summed E-state index contributed by atoms with van der Waals surface area (Å²) in [6, 6.07) is 8.23. The standard InChI is InChI=1S/C14H18BrNO/c1-3-4-7-12-10-16(11(2)17-12)14-9-6-5-8-13(14)15/h5-6,8-11H,3-4,7H2,1-2H3. The molecule has 0 N–H and O–H groups in total. The molecule has 1 aromatic carbocycles. The molecular formula is C14H18BrNO. The van der Waals surface area contributed by atoms with E-state index in [1.54, 1.807) is 0 Å². The van der Waals surface area contributed by atoms with E-state index in [9.17, 15) is 0 Å². The summed E-state index contributed by atoms with van der Waals surface area (Å²) in [4.78, 5) is 2.18. The van der Waals surface area contributed by atoms with Crippen LogP contribution >= 0.6 is 15.9 Å². The van der Waals surface area contributed by atoms with Crippen LogP contribution in [0.25, 0.3) is 0 Å². The van der Waals surface area contributed by atoms with Gasteiger partial charge >= 0.3 is 0 Å². The highest BCUT2D eigenvalue weighted by molar-refractivity contribution is 9.10. The Morgan fingerprint density at radius 3 is 2.82 bits per heavy atom. The van der Waals surface area contributed by atoms with E-state index >= 15 is 0 Å². The zero-order chi connectivity index (χ0) is 12.3. The lowest BCUT2D eigenvalue weighted by Crippen LogP contribution is -2.24. The molecular weight excluding hydrogens is 278 g/mol. The zero-order valence-corrected chi connectivity index (χ0v) is 11.9. The summed E-state index contributed by atoms with van der Waals surface area (Å²) in [5, 5.41) is 0. The second-order valence-electron chi connectivity index (χ2n) is 4.27. The largest absolute Gasteiger partial charge is 0.473 e. The fraction of sp³-hybridized carbons (Fsp3) is 0.429. The molecule has 0 fully saturated rings. The number of halogens is 1. The van der Waals surface area contributed by atoms with Gasteiger partial charge < -0.3 is 9.64 Å². The minimum absolute atomic E-state index is 0.0838. The number of hydrogen-bond donors (Lipinski definition) is 0. The third kappa shape index (κ3) is 2.83. The molecule has 1 atom stereocenters. The van der Waals surface area contributed by atoms with Gasteiger partial charge in [-0.05, 0) is 41.4 Å². The summed E-state index contributed by atoms with van der Waals surface area (Å²) >= 11 is 3.58. The van der Waals surface area contributed by atoms with Gasteiger partial charge in [0.1, 0.15) is 5.76 Å². The molecule has 17 heavy (non-hydrogen) atoms. The van der Waals surface area contributed by atoms with Gasteiger partial charge in [0.25, 0.3) is 0 Å². The molecule has 0 bridgehead atoms. The van der Waals surface area contributed by atoms with Crippen LogP contribution in [0.3, 0.4) is 0 Å². The molecule has 1 aromatic rings. The van der Waals surface area contributed by atoms with Crippen LogP contribution < -0.4 is 4.90 Å². The van der Waals surface area contributed by atoms with Gasteiger partial charge in [-0.2, -0.15) is 0 Å². The molecule has 2 nitrogen and oxygen atoms in total. The Morgan fingerprint density at radius 1 is 1.35 bits per heavy atom. The number of ether oxygens (including phenoxy) is 1. The summed E-state index contributed by atoms with van der Waals surface area (Å²) in [6.07, 6.45) is 5.62. The van der Waals surface area contributed by atoms with E-state index in [-0.39, 0.29) is 6.23 Å². The SMILES string of the molecule is CCCCC1=CN(c2ccccc2Br)C(C)O1. The maximum Gasteiger partial charge on any atom is 0.172 e. The van der Waals surface area contributed by atoms with Crippen LogP contribution in [0.5, 0.6) is 0 Å². The lowest BCUT2D eigenvalue weighted by atomic mass is 10.2. The molecule has 0 saturated carbocycles. The molecule has 1 unspecified atom stereocenters. The van der Waals surface area contributed by atoms with Gasteiger partial charge in [0.15, 0.2) is 6.23 Å². The van der Waals surface area contributed by atoms with Crippen molar-refractivity contribution >= 4 is 21.6 Å². The van der Waals surface area contributed by atoms with Crippen LogP contribution in [-0.2, 0) is 4.74 Å². The highest BCUT2D eigenvalue weighted by atomic mass is 79.9. The third-order valence-corrected chi connectivity index (χ3v) is 3.57. The predicted octanol–water partition coefficient (Wildman–Crippen LogP) is 4.66. The van der Waals surface area contributed by atoms with E-state index in [0.717, 1.165) is 22.3 Å². The van der Waals surface area contributed by atoms with E-state index in [4.69, 9.17) is 4.74 Å². The molecule has 0 spiro atoms. The monoisotopic (exact) mass is 295 g/mol. The second kappa shape index (κ2) is 5.58. The van der Waals surface area contributed by atoms with E-state index in [2.05, 4.69) is 53.0 Å². The molecule has 0 amide bonds. The van der Waals surface area contributed by atoms with Crippen molar-refractivity contribution in [2.24, 2.45) is 0 Å². The third-order valence-electron chi connectivity index (χ3n) is 2.90. The first-order chi connectivity index (χ1) is 8.22. The van der Waals surface area contributed by atoms with E-state index in [1.807, 2.05) is 12.1 Å². The summed E-state index contributed by atoms with van der Waals surface area (Å²) in [5.74, 6) is 1.09. The molecule has 0 aromatic heterocycles. The number of para-hydroxylation sites is 1. The first-order valence-electron chi connectivity index (χ1n) is 6.12. The van der Waals surface area contributed by atoms with Crippen molar-refractivity contribution in [1.29, 1.82) is 0 Å². The van der Waals surface area contributed by atoms with Crippen molar-refractivity contribution in [1.82, 2.24) is 0 Å². The number of unbranched alkanes of at least 4 members (excludes halogenated alkanes) is 1. The van der Waals surface area contributed by atoms with Crippen LogP contribution in [0.4, 0.5) is 5.69 Å². The van der Waals surface area contributed by atoms with E-state index in [0.29, 0.717) is 0 Å². The van der Waals surface area contributed by atoms with Gasteiger partial charge in [0.05, 0.1) is 5.69 Å². The lowest BCUT2D eigenvalue weighted by molar-refractivity contribution is 0.153. The maximum atomic E-state index is 5.85. The molecule has 1 aliphatic rings. The first kappa shape index (κ1) is 12.5. The van der Waals surface area contributed by atoms with Crippen LogP contribution in [-0.4, -0.2) is 6.23 Å². The number of anilines is 1. The predicted molar refractivity (Wildman–Crippen MR) is 74.8 cm³/mol. The summed E-state index contributed by atoms with van der Waals surface area (Å²) < 4.78 is 6.95. The van der Waals surface area contributed by atoms with Gasteiger partial charge in [-0.1, -0.05) is 25.5 Å². The second-order valence-corrected chi connectivity index (χ2v) is 5.13. The van der Waals surface area contributed by atoms with Crippen molar-refractivity contribution in [2.75, 3.05) is 4.90 Å². The Hall–Kier alpha value is -0.960. The fourth-order valence-electron chi connectivity index (χ4n) is 1.97. The molecule has 92 valence electrons. The van der Waals surface area contributed by atoms with Crippen molar-refractivity contribution in [3.05, 3.63) is 40.7 Å². The van der Waals surface area contributed by atoms with Crippen molar-refractivity contribution < 1.29 is 4.74 Å². The number of allylic oxidation sites excluding steroid dienone is 1. The van der Waals surface area contributed by atoms with E-state index < -0.39 is 0 Å². The number of hydrogen-bond acceptors (Lipinski definition) is 2. The van der Waals surface area contributed by atoms with Gasteiger partial charge in [0.2, 0.25) is 0 Å². The van der Waals surface area contributed by atoms with E-state index in [1.165, 1.54) is 12.8 Å². The van der Waals surface area contributed by atoms with Crippen LogP contribution in [0.2, 0.25) is 0 Å². The van der Waals surface area contributed by atoms with Gasteiger partial charge in [-0.25, -0.2) is 0 Å². The average Bonchev–Trinajstić information content (AvgIpc) is 2.68. The molecule has 0 radical (unpaired) electrons. The Morgan fingerprint density at radius 2 is 2.12 bits per heavy atom. The normalized spacial score (nSPS) is 19.1. The average molecular weight is 296 g/mol. The topological polar surface area (TPSA) is 12.5 Å². The molecule has 0 saturated heterocycles. The summed E-state index contributed by atoms with van der Waals surface area (Å²) in [6.45, 7) is 4.28. The Balaban J connectivity index is 2.16. The fourth-order valence-corrected chi connectivity index (χ4v) is 2.46. The Kier molecular flexibility index (Phi) is 4.11. The van der Waals surface area contributed by atoms with Crippen molar-refractivity contribution in [3.8, 4) is 0 Å². The molecule has 2 rings (SSSR count). The Bertz CT molecular complexity index is 416. The van der Waals surface area contributed by atoms with Crippen molar-refractivity contribution in [3.63, 3.8) is 0 Å².